The van der Waals surface area contributed by atoms with Crippen molar-refractivity contribution in [2.75, 3.05) is 38.6 Å². The molecule has 7 heteroatoms. The van der Waals surface area contributed by atoms with Crippen LogP contribution in [0.1, 0.15) is 11.4 Å². The van der Waals surface area contributed by atoms with Crippen LogP contribution < -0.4 is 4.74 Å². The largest absolute Gasteiger partial charge is 0.486 e. The number of aryl methyl sites for hydroxylation is 1. The molecule has 6 nitrogen and oxygen atoms in total. The molecule has 0 amide bonds. The first kappa shape index (κ1) is 19.9. The number of benzene rings is 2. The van der Waals surface area contributed by atoms with Crippen molar-refractivity contribution >= 4 is 11.8 Å². The Hall–Kier alpha value is -2.35. The van der Waals surface area contributed by atoms with Gasteiger partial charge in [0.25, 0.3) is 0 Å². The highest BCUT2D eigenvalue weighted by atomic mass is 32.2. The third kappa shape index (κ3) is 5.38. The van der Waals surface area contributed by atoms with E-state index >= 15 is 0 Å². The van der Waals surface area contributed by atoms with E-state index in [2.05, 4.69) is 38.7 Å². The van der Waals surface area contributed by atoms with Crippen LogP contribution in [0.25, 0.3) is 5.69 Å². The molecule has 0 N–H and O–H groups in total. The van der Waals surface area contributed by atoms with Crippen molar-refractivity contribution in [3.8, 4) is 11.4 Å². The molecule has 4 rings (SSSR count). The molecule has 1 saturated heterocycles. The summed E-state index contributed by atoms with van der Waals surface area (Å²) in [5.74, 6) is 2.59. The molecule has 0 bridgehead atoms. The first-order valence-electron chi connectivity index (χ1n) is 9.92. The van der Waals surface area contributed by atoms with Crippen LogP contribution in [0.3, 0.4) is 0 Å². The first-order chi connectivity index (χ1) is 14.3. The molecule has 29 heavy (non-hydrogen) atoms. The van der Waals surface area contributed by atoms with Crippen molar-refractivity contribution in [3.63, 3.8) is 0 Å². The predicted molar refractivity (Wildman–Crippen MR) is 115 cm³/mol. The molecule has 3 aromatic rings. The standard InChI is InChI=1S/C22H26N4O2S/c1-18-7-9-20(10-8-18)28-17-21-23-24-22(26(21)19-5-3-2-4-6-19)29-16-13-25-11-14-27-15-12-25/h2-10H,11-17H2,1H3. The second kappa shape index (κ2) is 9.91. The Balaban J connectivity index is 1.46. The molecular weight excluding hydrogens is 384 g/mol. The fourth-order valence-corrected chi connectivity index (χ4v) is 4.17. The molecule has 2 aromatic carbocycles. The quantitative estimate of drug-likeness (QED) is 0.529. The van der Waals surface area contributed by atoms with Gasteiger partial charge in [0, 0.05) is 31.1 Å². The molecule has 0 aliphatic carbocycles. The van der Waals surface area contributed by atoms with Crippen molar-refractivity contribution < 1.29 is 9.47 Å². The van der Waals surface area contributed by atoms with Gasteiger partial charge in [-0.05, 0) is 31.2 Å². The fourth-order valence-electron chi connectivity index (χ4n) is 3.20. The highest BCUT2D eigenvalue weighted by Gasteiger charge is 2.16. The van der Waals surface area contributed by atoms with Crippen molar-refractivity contribution in [1.82, 2.24) is 19.7 Å². The lowest BCUT2D eigenvalue weighted by atomic mass is 10.2. The van der Waals surface area contributed by atoms with Crippen LogP contribution in [-0.4, -0.2) is 58.3 Å². The predicted octanol–water partition coefficient (Wildman–Crippen LogP) is 3.58. The van der Waals surface area contributed by atoms with Gasteiger partial charge in [0.15, 0.2) is 11.0 Å². The van der Waals surface area contributed by atoms with Gasteiger partial charge in [-0.25, -0.2) is 0 Å². The zero-order valence-corrected chi connectivity index (χ0v) is 17.5. The summed E-state index contributed by atoms with van der Waals surface area (Å²) in [7, 11) is 0. The number of aromatic nitrogens is 3. The van der Waals surface area contributed by atoms with E-state index in [1.165, 1.54) is 5.56 Å². The normalized spacial score (nSPS) is 14.8. The molecule has 1 fully saturated rings. The van der Waals surface area contributed by atoms with Crippen molar-refractivity contribution in [2.45, 2.75) is 18.7 Å². The van der Waals surface area contributed by atoms with Crippen LogP contribution in [0, 0.1) is 6.92 Å². The third-order valence-electron chi connectivity index (χ3n) is 4.85. The van der Waals surface area contributed by atoms with E-state index in [-0.39, 0.29) is 0 Å². The highest BCUT2D eigenvalue weighted by Crippen LogP contribution is 2.23. The van der Waals surface area contributed by atoms with Crippen molar-refractivity contribution in [2.24, 2.45) is 0 Å². The summed E-state index contributed by atoms with van der Waals surface area (Å²) < 4.78 is 13.5. The molecule has 0 atom stereocenters. The zero-order chi connectivity index (χ0) is 19.9. The molecule has 0 saturated carbocycles. The Morgan fingerprint density at radius 2 is 1.76 bits per heavy atom. The molecular formula is C22H26N4O2S. The monoisotopic (exact) mass is 410 g/mol. The van der Waals surface area contributed by atoms with Gasteiger partial charge in [-0.15, -0.1) is 10.2 Å². The fraction of sp³-hybridized carbons (Fsp3) is 0.364. The maximum Gasteiger partial charge on any atom is 0.195 e. The Kier molecular flexibility index (Phi) is 6.82. The molecule has 1 aliphatic rings. The van der Waals surface area contributed by atoms with Gasteiger partial charge in [-0.2, -0.15) is 0 Å². The lowest BCUT2D eigenvalue weighted by Crippen LogP contribution is -2.37. The van der Waals surface area contributed by atoms with Gasteiger partial charge in [0.2, 0.25) is 0 Å². The topological polar surface area (TPSA) is 52.4 Å². The molecule has 152 valence electrons. The minimum Gasteiger partial charge on any atom is -0.486 e. The summed E-state index contributed by atoms with van der Waals surface area (Å²) in [6, 6.07) is 18.3. The Morgan fingerprint density at radius 1 is 1.00 bits per heavy atom. The number of morpholine rings is 1. The van der Waals surface area contributed by atoms with E-state index < -0.39 is 0 Å². The van der Waals surface area contributed by atoms with E-state index in [9.17, 15) is 0 Å². The van der Waals surface area contributed by atoms with Gasteiger partial charge in [-0.3, -0.25) is 9.47 Å². The number of rotatable bonds is 8. The maximum atomic E-state index is 5.97. The lowest BCUT2D eigenvalue weighted by molar-refractivity contribution is 0.0410. The molecule has 1 aromatic heterocycles. The van der Waals surface area contributed by atoms with Crippen LogP contribution >= 0.6 is 11.8 Å². The summed E-state index contributed by atoms with van der Waals surface area (Å²) in [5, 5.41) is 9.77. The number of para-hydroxylation sites is 1. The van der Waals surface area contributed by atoms with E-state index in [1.807, 2.05) is 42.5 Å². The average Bonchev–Trinajstić information content (AvgIpc) is 3.17. The lowest BCUT2D eigenvalue weighted by Gasteiger charge is -2.26. The second-order valence-electron chi connectivity index (χ2n) is 6.97. The van der Waals surface area contributed by atoms with Gasteiger partial charge in [0.05, 0.1) is 13.2 Å². The number of hydrogen-bond acceptors (Lipinski definition) is 6. The smallest absolute Gasteiger partial charge is 0.195 e. The summed E-state index contributed by atoms with van der Waals surface area (Å²) in [6.07, 6.45) is 0. The zero-order valence-electron chi connectivity index (χ0n) is 16.7. The molecule has 1 aliphatic heterocycles. The molecule has 0 radical (unpaired) electrons. The maximum absolute atomic E-state index is 5.97. The number of nitrogens with zero attached hydrogens (tertiary/aromatic N) is 4. The summed E-state index contributed by atoms with van der Waals surface area (Å²) in [5.41, 5.74) is 2.26. The summed E-state index contributed by atoms with van der Waals surface area (Å²) in [4.78, 5) is 2.43. The molecule has 0 unspecified atom stereocenters. The minimum atomic E-state index is 0.370. The average molecular weight is 411 g/mol. The van der Waals surface area contributed by atoms with E-state index in [4.69, 9.17) is 9.47 Å². The van der Waals surface area contributed by atoms with Crippen molar-refractivity contribution in [3.05, 3.63) is 66.0 Å². The Labute approximate surface area is 175 Å². The second-order valence-corrected chi connectivity index (χ2v) is 8.04. The molecule has 0 spiro atoms. The third-order valence-corrected chi connectivity index (χ3v) is 5.76. The number of ether oxygens (including phenoxy) is 2. The highest BCUT2D eigenvalue weighted by molar-refractivity contribution is 7.99. The van der Waals surface area contributed by atoms with Crippen LogP contribution in [-0.2, 0) is 11.3 Å². The van der Waals surface area contributed by atoms with Crippen LogP contribution in [0.5, 0.6) is 5.75 Å². The first-order valence-corrected chi connectivity index (χ1v) is 10.9. The van der Waals surface area contributed by atoms with Crippen molar-refractivity contribution in [1.29, 1.82) is 0 Å². The van der Waals surface area contributed by atoms with Crippen LogP contribution in [0.2, 0.25) is 0 Å². The van der Waals surface area contributed by atoms with E-state index in [0.717, 1.165) is 61.0 Å². The Bertz CT molecular complexity index is 893. The summed E-state index contributed by atoms with van der Waals surface area (Å²) >= 11 is 1.73. The van der Waals surface area contributed by atoms with Gasteiger partial charge in [0.1, 0.15) is 12.4 Å². The van der Waals surface area contributed by atoms with Gasteiger partial charge >= 0.3 is 0 Å². The Morgan fingerprint density at radius 3 is 2.52 bits per heavy atom. The molecule has 2 heterocycles. The summed E-state index contributed by atoms with van der Waals surface area (Å²) in [6.45, 7) is 7.11. The number of thioether (sulfide) groups is 1. The van der Waals surface area contributed by atoms with Crippen LogP contribution in [0.4, 0.5) is 0 Å². The number of hydrogen-bond donors (Lipinski definition) is 0. The van der Waals surface area contributed by atoms with E-state index in [1.54, 1.807) is 11.8 Å². The van der Waals surface area contributed by atoms with Gasteiger partial charge < -0.3 is 9.47 Å². The van der Waals surface area contributed by atoms with E-state index in [0.29, 0.717) is 6.61 Å². The minimum absolute atomic E-state index is 0.370. The SMILES string of the molecule is Cc1ccc(OCc2nnc(SCCN3CCOCC3)n2-c2ccccc2)cc1. The van der Waals surface area contributed by atoms with Gasteiger partial charge in [-0.1, -0.05) is 47.7 Å². The van der Waals surface area contributed by atoms with Crippen LogP contribution in [0.15, 0.2) is 59.8 Å².